The lowest BCUT2D eigenvalue weighted by atomic mass is 10.1. The first kappa shape index (κ1) is 19.8. The molecule has 26 heavy (non-hydrogen) atoms. The Bertz CT molecular complexity index is 622. The van der Waals surface area contributed by atoms with Crippen molar-refractivity contribution in [1.29, 1.82) is 0 Å². The molecule has 0 aliphatic carbocycles. The van der Waals surface area contributed by atoms with E-state index in [2.05, 4.69) is 10.6 Å². The second kappa shape index (κ2) is 9.79. The number of rotatable bonds is 6. The number of aryl methyl sites for hydroxylation is 1. The Morgan fingerprint density at radius 2 is 1.81 bits per heavy atom. The molecule has 0 aromatic heterocycles. The number of Topliss-reactive ketones (excluding diaryl/α,β-unsaturated/α-hetero) is 1. The molecule has 2 rings (SSSR count). The summed E-state index contributed by atoms with van der Waals surface area (Å²) in [5.74, 6) is 0.00745. The SMILES string of the molecule is CCOC(=O)N1CCC(NC(=O)NCCC(=O)c2ccc(C)cc2)CC1. The number of nitrogens with one attached hydrogen (secondary N) is 2. The molecule has 1 heterocycles. The molecule has 1 aromatic carbocycles. The van der Waals surface area contributed by atoms with Crippen LogP contribution in [0.4, 0.5) is 9.59 Å². The zero-order valence-corrected chi connectivity index (χ0v) is 15.4. The molecule has 1 fully saturated rings. The lowest BCUT2D eigenvalue weighted by Crippen LogP contribution is -2.49. The van der Waals surface area contributed by atoms with E-state index in [1.807, 2.05) is 19.1 Å². The predicted octanol–water partition coefficient (Wildman–Crippen LogP) is 2.49. The summed E-state index contributed by atoms with van der Waals surface area (Å²) in [6.45, 7) is 5.53. The minimum Gasteiger partial charge on any atom is -0.450 e. The zero-order chi connectivity index (χ0) is 18.9. The molecule has 0 atom stereocenters. The summed E-state index contributed by atoms with van der Waals surface area (Å²) in [6.07, 6.45) is 1.34. The van der Waals surface area contributed by atoms with Crippen LogP contribution in [0.25, 0.3) is 0 Å². The molecule has 1 saturated heterocycles. The van der Waals surface area contributed by atoms with Crippen LogP contribution in [0.15, 0.2) is 24.3 Å². The molecule has 1 aliphatic rings. The van der Waals surface area contributed by atoms with Gasteiger partial charge in [-0.25, -0.2) is 9.59 Å². The van der Waals surface area contributed by atoms with E-state index < -0.39 is 0 Å². The van der Waals surface area contributed by atoms with Gasteiger partial charge in [-0.15, -0.1) is 0 Å². The van der Waals surface area contributed by atoms with Gasteiger partial charge in [0.25, 0.3) is 0 Å². The van der Waals surface area contributed by atoms with Crippen LogP contribution in [0.5, 0.6) is 0 Å². The highest BCUT2D eigenvalue weighted by Gasteiger charge is 2.24. The molecular weight excluding hydrogens is 334 g/mol. The molecule has 0 radical (unpaired) electrons. The first-order chi connectivity index (χ1) is 12.5. The van der Waals surface area contributed by atoms with Gasteiger partial charge < -0.3 is 20.3 Å². The van der Waals surface area contributed by atoms with Crippen molar-refractivity contribution >= 4 is 17.9 Å². The van der Waals surface area contributed by atoms with Crippen molar-refractivity contribution in [3.63, 3.8) is 0 Å². The highest BCUT2D eigenvalue weighted by Crippen LogP contribution is 2.11. The number of hydrogen-bond donors (Lipinski definition) is 2. The maximum absolute atomic E-state index is 12.1. The third kappa shape index (κ3) is 6.06. The van der Waals surface area contributed by atoms with E-state index in [1.165, 1.54) is 0 Å². The molecule has 0 spiro atoms. The van der Waals surface area contributed by atoms with Crippen LogP contribution in [0, 0.1) is 6.92 Å². The van der Waals surface area contributed by atoms with Crippen LogP contribution in [0.2, 0.25) is 0 Å². The van der Waals surface area contributed by atoms with Crippen LogP contribution in [-0.4, -0.2) is 55.1 Å². The molecule has 7 nitrogen and oxygen atoms in total. The maximum atomic E-state index is 12.1. The van der Waals surface area contributed by atoms with Crippen molar-refractivity contribution < 1.29 is 19.1 Å². The molecular formula is C19H27N3O4. The highest BCUT2D eigenvalue weighted by atomic mass is 16.6. The van der Waals surface area contributed by atoms with Crippen LogP contribution in [-0.2, 0) is 4.74 Å². The summed E-state index contributed by atoms with van der Waals surface area (Å²) in [6, 6.07) is 7.14. The lowest BCUT2D eigenvalue weighted by Gasteiger charge is -2.31. The van der Waals surface area contributed by atoms with Gasteiger partial charge in [-0.05, 0) is 26.7 Å². The standard InChI is InChI=1S/C19H27N3O4/c1-3-26-19(25)22-12-9-16(10-13-22)21-18(24)20-11-8-17(23)15-6-4-14(2)5-7-15/h4-7,16H,3,8-13H2,1-2H3,(H2,20,21,24). The summed E-state index contributed by atoms with van der Waals surface area (Å²) in [4.78, 5) is 37.3. The first-order valence-electron chi connectivity index (χ1n) is 9.05. The minimum atomic E-state index is -0.301. The number of benzene rings is 1. The van der Waals surface area contributed by atoms with Crippen molar-refractivity contribution in [3.8, 4) is 0 Å². The van der Waals surface area contributed by atoms with Crippen LogP contribution < -0.4 is 10.6 Å². The molecule has 2 N–H and O–H groups in total. The fourth-order valence-corrected chi connectivity index (χ4v) is 2.83. The first-order valence-corrected chi connectivity index (χ1v) is 9.05. The third-order valence-electron chi connectivity index (χ3n) is 4.37. The second-order valence-electron chi connectivity index (χ2n) is 6.40. The summed E-state index contributed by atoms with van der Waals surface area (Å²) < 4.78 is 4.97. The maximum Gasteiger partial charge on any atom is 0.409 e. The van der Waals surface area contributed by atoms with Crippen molar-refractivity contribution in [2.45, 2.75) is 39.2 Å². The Morgan fingerprint density at radius 3 is 2.42 bits per heavy atom. The molecule has 0 bridgehead atoms. The number of carbonyl (C=O) groups is 3. The Hall–Kier alpha value is -2.57. The second-order valence-corrected chi connectivity index (χ2v) is 6.40. The fourth-order valence-electron chi connectivity index (χ4n) is 2.83. The van der Waals surface area contributed by atoms with Crippen molar-refractivity contribution in [3.05, 3.63) is 35.4 Å². The predicted molar refractivity (Wildman–Crippen MR) is 98.3 cm³/mol. The Balaban J connectivity index is 1.64. The highest BCUT2D eigenvalue weighted by molar-refractivity contribution is 5.96. The molecule has 1 aromatic rings. The topological polar surface area (TPSA) is 87.7 Å². The number of ether oxygens (including phenoxy) is 1. The Labute approximate surface area is 154 Å². The van der Waals surface area contributed by atoms with Crippen molar-refractivity contribution in [2.24, 2.45) is 0 Å². The van der Waals surface area contributed by atoms with Gasteiger partial charge in [-0.3, -0.25) is 4.79 Å². The van der Waals surface area contributed by atoms with E-state index in [9.17, 15) is 14.4 Å². The van der Waals surface area contributed by atoms with Gasteiger partial charge in [0.15, 0.2) is 5.78 Å². The van der Waals surface area contributed by atoms with Crippen LogP contribution in [0.1, 0.15) is 42.1 Å². The molecule has 3 amide bonds. The van der Waals surface area contributed by atoms with Gasteiger partial charge in [0, 0.05) is 37.7 Å². The Morgan fingerprint density at radius 1 is 1.15 bits per heavy atom. The van der Waals surface area contributed by atoms with Gasteiger partial charge in [0.05, 0.1) is 6.61 Å². The summed E-state index contributed by atoms with van der Waals surface area (Å²) in [5, 5.41) is 5.61. The quantitative estimate of drug-likeness (QED) is 0.762. The number of amides is 3. The molecule has 142 valence electrons. The summed E-state index contributed by atoms with van der Waals surface area (Å²) in [5.41, 5.74) is 1.76. The van der Waals surface area contributed by atoms with E-state index in [-0.39, 0.29) is 30.4 Å². The smallest absolute Gasteiger partial charge is 0.409 e. The van der Waals surface area contributed by atoms with Crippen molar-refractivity contribution in [2.75, 3.05) is 26.2 Å². The van der Waals surface area contributed by atoms with Crippen LogP contribution >= 0.6 is 0 Å². The van der Waals surface area contributed by atoms with Crippen LogP contribution in [0.3, 0.4) is 0 Å². The van der Waals surface area contributed by atoms with E-state index in [0.717, 1.165) is 5.56 Å². The zero-order valence-electron chi connectivity index (χ0n) is 15.4. The largest absolute Gasteiger partial charge is 0.450 e. The molecule has 0 saturated carbocycles. The number of hydrogen-bond acceptors (Lipinski definition) is 4. The van der Waals surface area contributed by atoms with Gasteiger partial charge in [0.1, 0.15) is 0 Å². The minimum absolute atomic E-state index is 0.00745. The number of urea groups is 1. The fraction of sp³-hybridized carbons (Fsp3) is 0.526. The van der Waals surface area contributed by atoms with E-state index >= 15 is 0 Å². The number of likely N-dealkylation sites (tertiary alicyclic amines) is 1. The lowest BCUT2D eigenvalue weighted by molar-refractivity contribution is 0.0957. The number of nitrogens with zero attached hydrogens (tertiary/aromatic N) is 1. The Kier molecular flexibility index (Phi) is 7.44. The molecule has 1 aliphatic heterocycles. The van der Waals surface area contributed by atoms with Gasteiger partial charge in [0.2, 0.25) is 0 Å². The van der Waals surface area contributed by atoms with Gasteiger partial charge in [-0.1, -0.05) is 29.8 Å². The summed E-state index contributed by atoms with van der Waals surface area (Å²) >= 11 is 0. The van der Waals surface area contributed by atoms with E-state index in [4.69, 9.17) is 4.74 Å². The van der Waals surface area contributed by atoms with Gasteiger partial charge in [-0.2, -0.15) is 0 Å². The number of piperidine rings is 1. The average molecular weight is 361 g/mol. The monoisotopic (exact) mass is 361 g/mol. The van der Waals surface area contributed by atoms with Gasteiger partial charge >= 0.3 is 12.1 Å². The average Bonchev–Trinajstić information content (AvgIpc) is 2.63. The van der Waals surface area contributed by atoms with Crippen molar-refractivity contribution in [1.82, 2.24) is 15.5 Å². The summed E-state index contributed by atoms with van der Waals surface area (Å²) in [7, 11) is 0. The third-order valence-corrected chi connectivity index (χ3v) is 4.37. The molecule has 0 unspecified atom stereocenters. The molecule has 7 heteroatoms. The van der Waals surface area contributed by atoms with E-state index in [0.29, 0.717) is 44.6 Å². The number of carbonyl (C=O) groups excluding carboxylic acids is 3. The van der Waals surface area contributed by atoms with E-state index in [1.54, 1.807) is 24.0 Å². The normalized spacial score (nSPS) is 14.6. The number of ketones is 1.